The highest BCUT2D eigenvalue weighted by Crippen LogP contribution is 2.11. The van der Waals surface area contributed by atoms with Gasteiger partial charge in [0.1, 0.15) is 12.4 Å². The first-order valence-electron chi connectivity index (χ1n) is 6.48. The minimum atomic E-state index is -0.479. The van der Waals surface area contributed by atoms with Crippen molar-refractivity contribution in [1.82, 2.24) is 30.0 Å². The van der Waals surface area contributed by atoms with E-state index in [9.17, 15) is 10.1 Å². The third-order valence-corrected chi connectivity index (χ3v) is 2.92. The van der Waals surface area contributed by atoms with Crippen LogP contribution in [-0.4, -0.2) is 41.5 Å². The van der Waals surface area contributed by atoms with Crippen LogP contribution in [0.15, 0.2) is 42.7 Å². The lowest BCUT2D eigenvalue weighted by Crippen LogP contribution is -2.14. The van der Waals surface area contributed by atoms with Crippen molar-refractivity contribution in [3.63, 3.8) is 0 Å². The van der Waals surface area contributed by atoms with Crippen molar-refractivity contribution >= 4 is 11.6 Å². The topological polar surface area (TPSA) is 117 Å². The van der Waals surface area contributed by atoms with Crippen LogP contribution in [0.3, 0.4) is 0 Å². The maximum atomic E-state index is 10.6. The van der Waals surface area contributed by atoms with E-state index in [0.29, 0.717) is 19.0 Å². The number of nitrogens with one attached hydrogen (secondary N) is 1. The highest BCUT2D eigenvalue weighted by molar-refractivity contribution is 5.38. The van der Waals surface area contributed by atoms with E-state index in [1.807, 2.05) is 30.3 Å². The van der Waals surface area contributed by atoms with Gasteiger partial charge in [-0.05, 0) is 22.6 Å². The van der Waals surface area contributed by atoms with Gasteiger partial charge in [0.15, 0.2) is 0 Å². The molecule has 0 spiro atoms. The van der Waals surface area contributed by atoms with Crippen LogP contribution in [-0.2, 0) is 6.54 Å². The zero-order valence-corrected chi connectivity index (χ0v) is 11.4. The minimum absolute atomic E-state index is 0.0332. The number of para-hydroxylation sites is 1. The molecule has 0 bridgehead atoms. The molecule has 0 fully saturated rings. The fraction of sp³-hybridized carbons (Fsp3) is 0.167. The third kappa shape index (κ3) is 2.90. The van der Waals surface area contributed by atoms with Crippen LogP contribution in [0.25, 0.3) is 5.69 Å². The number of aromatic nitrogens is 6. The first-order valence-corrected chi connectivity index (χ1v) is 6.48. The molecular weight excluding hydrogens is 288 g/mol. The number of tetrazole rings is 1. The Hall–Kier alpha value is -3.30. The lowest BCUT2D eigenvalue weighted by atomic mass is 10.3. The smallest absolute Gasteiger partial charge is 0.306 e. The molecule has 0 aliphatic carbocycles. The maximum absolute atomic E-state index is 10.6. The van der Waals surface area contributed by atoms with E-state index in [1.54, 1.807) is 4.68 Å². The van der Waals surface area contributed by atoms with E-state index in [0.717, 1.165) is 5.69 Å². The molecule has 3 rings (SSSR count). The van der Waals surface area contributed by atoms with Gasteiger partial charge in [0, 0.05) is 6.54 Å². The van der Waals surface area contributed by atoms with Gasteiger partial charge in [-0.1, -0.05) is 23.3 Å². The Bertz CT molecular complexity index is 766. The van der Waals surface area contributed by atoms with Crippen molar-refractivity contribution in [3.8, 4) is 5.69 Å². The van der Waals surface area contributed by atoms with Gasteiger partial charge in [0.2, 0.25) is 5.95 Å². The Kier molecular flexibility index (Phi) is 3.72. The summed E-state index contributed by atoms with van der Waals surface area (Å²) in [5, 5.41) is 29.0. The second kappa shape index (κ2) is 5.99. The summed E-state index contributed by atoms with van der Waals surface area (Å²) >= 11 is 0. The molecule has 22 heavy (non-hydrogen) atoms. The average Bonchev–Trinajstić information content (AvgIpc) is 3.17. The summed E-state index contributed by atoms with van der Waals surface area (Å²) < 4.78 is 3.06. The SMILES string of the molecule is O=[N+]([O-])c1cnn(CCNc2nnnn2-c2ccccc2)c1. The molecule has 2 heterocycles. The Morgan fingerprint density at radius 1 is 1.27 bits per heavy atom. The van der Waals surface area contributed by atoms with Crippen molar-refractivity contribution < 1.29 is 4.92 Å². The van der Waals surface area contributed by atoms with E-state index >= 15 is 0 Å². The number of hydrogen-bond donors (Lipinski definition) is 1. The molecule has 0 aliphatic rings. The molecule has 2 aromatic heterocycles. The molecule has 0 amide bonds. The molecule has 10 heteroatoms. The Balaban J connectivity index is 1.63. The standard InChI is InChI=1S/C12H12N8O2/c21-20(22)11-8-14-18(9-11)7-6-13-12-15-16-17-19(12)10-4-2-1-3-5-10/h1-5,8-9H,6-7H2,(H,13,15,17). The number of anilines is 1. The number of nitro groups is 1. The Morgan fingerprint density at radius 2 is 2.09 bits per heavy atom. The van der Waals surface area contributed by atoms with Crippen molar-refractivity contribution in [2.45, 2.75) is 6.54 Å². The fourth-order valence-electron chi connectivity index (χ4n) is 1.89. The lowest BCUT2D eigenvalue weighted by molar-refractivity contribution is -0.385. The predicted octanol–water partition coefficient (Wildman–Crippen LogP) is 0.879. The predicted molar refractivity (Wildman–Crippen MR) is 76.5 cm³/mol. The summed E-state index contributed by atoms with van der Waals surface area (Å²) in [6, 6.07) is 9.47. The molecule has 1 aromatic carbocycles. The zero-order valence-electron chi connectivity index (χ0n) is 11.4. The minimum Gasteiger partial charge on any atom is -0.351 e. The molecule has 0 radical (unpaired) electrons. The van der Waals surface area contributed by atoms with Gasteiger partial charge >= 0.3 is 5.69 Å². The highest BCUT2D eigenvalue weighted by atomic mass is 16.6. The molecular formula is C12H12N8O2. The van der Waals surface area contributed by atoms with E-state index in [-0.39, 0.29) is 5.69 Å². The lowest BCUT2D eigenvalue weighted by Gasteiger charge is -2.06. The first kappa shape index (κ1) is 13.7. The van der Waals surface area contributed by atoms with Crippen LogP contribution in [0, 0.1) is 10.1 Å². The molecule has 112 valence electrons. The number of benzene rings is 1. The van der Waals surface area contributed by atoms with Crippen molar-refractivity contribution in [2.24, 2.45) is 0 Å². The van der Waals surface area contributed by atoms with Crippen LogP contribution in [0.5, 0.6) is 0 Å². The third-order valence-electron chi connectivity index (χ3n) is 2.92. The van der Waals surface area contributed by atoms with E-state index in [4.69, 9.17) is 0 Å². The Labute approximate surface area is 124 Å². The van der Waals surface area contributed by atoms with Crippen LogP contribution in [0.4, 0.5) is 11.6 Å². The second-order valence-electron chi connectivity index (χ2n) is 4.40. The molecule has 3 aromatic rings. The number of hydrogen-bond acceptors (Lipinski definition) is 7. The van der Waals surface area contributed by atoms with Crippen LogP contribution < -0.4 is 5.32 Å². The van der Waals surface area contributed by atoms with E-state index in [1.165, 1.54) is 17.1 Å². The van der Waals surface area contributed by atoms with Crippen molar-refractivity contribution in [3.05, 3.63) is 52.8 Å². The highest BCUT2D eigenvalue weighted by Gasteiger charge is 2.10. The molecule has 0 atom stereocenters. The first-order chi connectivity index (χ1) is 10.7. The molecule has 1 N–H and O–H groups in total. The summed E-state index contributed by atoms with van der Waals surface area (Å²) in [6.07, 6.45) is 2.59. The zero-order chi connectivity index (χ0) is 15.4. The summed E-state index contributed by atoms with van der Waals surface area (Å²) in [6.45, 7) is 0.932. The van der Waals surface area contributed by atoms with Crippen LogP contribution in [0.1, 0.15) is 0 Å². The van der Waals surface area contributed by atoms with Gasteiger partial charge in [-0.15, -0.1) is 0 Å². The van der Waals surface area contributed by atoms with Gasteiger partial charge in [0.25, 0.3) is 0 Å². The van der Waals surface area contributed by atoms with Crippen LogP contribution in [0.2, 0.25) is 0 Å². The summed E-state index contributed by atoms with van der Waals surface area (Å²) in [7, 11) is 0. The van der Waals surface area contributed by atoms with Gasteiger partial charge in [-0.3, -0.25) is 14.8 Å². The summed E-state index contributed by atoms with van der Waals surface area (Å²) in [5.74, 6) is 0.493. The largest absolute Gasteiger partial charge is 0.351 e. The van der Waals surface area contributed by atoms with Crippen LogP contribution >= 0.6 is 0 Å². The van der Waals surface area contributed by atoms with Crippen molar-refractivity contribution in [2.75, 3.05) is 11.9 Å². The monoisotopic (exact) mass is 300 g/mol. The van der Waals surface area contributed by atoms with Gasteiger partial charge < -0.3 is 5.32 Å². The average molecular weight is 300 g/mol. The molecule has 0 saturated carbocycles. The van der Waals surface area contributed by atoms with Gasteiger partial charge in [-0.25, -0.2) is 0 Å². The van der Waals surface area contributed by atoms with E-state index < -0.39 is 4.92 Å². The summed E-state index contributed by atoms with van der Waals surface area (Å²) in [5.41, 5.74) is 0.804. The molecule has 0 unspecified atom stereocenters. The fourth-order valence-corrected chi connectivity index (χ4v) is 1.89. The second-order valence-corrected chi connectivity index (χ2v) is 4.40. The number of rotatable bonds is 6. The molecule has 10 nitrogen and oxygen atoms in total. The maximum Gasteiger partial charge on any atom is 0.306 e. The number of nitrogens with zero attached hydrogens (tertiary/aromatic N) is 7. The van der Waals surface area contributed by atoms with Gasteiger partial charge in [0.05, 0.1) is 17.2 Å². The Morgan fingerprint density at radius 3 is 2.82 bits per heavy atom. The van der Waals surface area contributed by atoms with Crippen molar-refractivity contribution in [1.29, 1.82) is 0 Å². The molecule has 0 aliphatic heterocycles. The summed E-state index contributed by atoms with van der Waals surface area (Å²) in [4.78, 5) is 10.1. The normalized spacial score (nSPS) is 10.5. The quantitative estimate of drug-likeness (QED) is 0.530. The van der Waals surface area contributed by atoms with Gasteiger partial charge in [-0.2, -0.15) is 9.78 Å². The molecule has 0 saturated heterocycles. The van der Waals surface area contributed by atoms with E-state index in [2.05, 4.69) is 25.9 Å².